The van der Waals surface area contributed by atoms with Crippen LogP contribution in [-0.2, 0) is 10.5 Å². The summed E-state index contributed by atoms with van der Waals surface area (Å²) < 4.78 is 5.33. The Kier molecular flexibility index (Phi) is 4.28. The number of aromatic nitrogens is 1. The monoisotopic (exact) mass is 283 g/mol. The third-order valence-electron chi connectivity index (χ3n) is 2.12. The molecule has 0 saturated heterocycles. The first kappa shape index (κ1) is 13.0. The van der Waals surface area contributed by atoms with Crippen molar-refractivity contribution in [2.45, 2.75) is 5.75 Å². The number of oxazole rings is 1. The average molecular weight is 284 g/mol. The van der Waals surface area contributed by atoms with Gasteiger partial charge in [0, 0.05) is 16.3 Å². The molecule has 0 radical (unpaired) electrons. The minimum absolute atomic E-state index is 0.0587. The first-order valence-corrected chi connectivity index (χ1v) is 6.68. The zero-order valence-electron chi connectivity index (χ0n) is 9.30. The van der Waals surface area contributed by atoms with Crippen molar-refractivity contribution in [3.63, 3.8) is 0 Å². The van der Waals surface area contributed by atoms with Gasteiger partial charge in [0.15, 0.2) is 0 Å². The summed E-state index contributed by atoms with van der Waals surface area (Å²) in [7, 11) is 0. The van der Waals surface area contributed by atoms with Crippen LogP contribution in [0.25, 0.3) is 11.5 Å². The lowest BCUT2D eigenvalue weighted by Crippen LogP contribution is -1.98. The van der Waals surface area contributed by atoms with Gasteiger partial charge in [0.05, 0.1) is 11.4 Å². The number of aliphatic carboxylic acids is 1. The Bertz CT molecular complexity index is 539. The van der Waals surface area contributed by atoms with Crippen molar-refractivity contribution < 1.29 is 14.3 Å². The molecule has 0 amide bonds. The largest absolute Gasteiger partial charge is 0.481 e. The number of nitrogens with zero attached hydrogens (tertiary/aromatic N) is 1. The Morgan fingerprint density at radius 3 is 2.78 bits per heavy atom. The molecular formula is C12H10ClNO3S. The fraction of sp³-hybridized carbons (Fsp3) is 0.167. The molecule has 4 nitrogen and oxygen atoms in total. The SMILES string of the molecule is O=C(O)CSCc1coc(-c2ccc(Cl)cc2)n1. The lowest BCUT2D eigenvalue weighted by Gasteiger charge is -1.95. The lowest BCUT2D eigenvalue weighted by molar-refractivity contribution is -0.133. The predicted molar refractivity (Wildman–Crippen MR) is 70.7 cm³/mol. The summed E-state index contributed by atoms with van der Waals surface area (Å²) in [6, 6.07) is 7.17. The van der Waals surface area contributed by atoms with Crippen LogP contribution in [0.5, 0.6) is 0 Å². The Hall–Kier alpha value is -1.46. The van der Waals surface area contributed by atoms with Crippen molar-refractivity contribution in [3.8, 4) is 11.5 Å². The van der Waals surface area contributed by atoms with Crippen molar-refractivity contribution in [3.05, 3.63) is 41.2 Å². The Morgan fingerprint density at radius 2 is 2.11 bits per heavy atom. The van der Waals surface area contributed by atoms with E-state index in [4.69, 9.17) is 21.1 Å². The molecule has 18 heavy (non-hydrogen) atoms. The number of halogens is 1. The highest BCUT2D eigenvalue weighted by Crippen LogP contribution is 2.22. The highest BCUT2D eigenvalue weighted by Gasteiger charge is 2.07. The molecule has 1 aromatic heterocycles. The van der Waals surface area contributed by atoms with Crippen molar-refractivity contribution in [2.24, 2.45) is 0 Å². The molecule has 1 aromatic carbocycles. The summed E-state index contributed by atoms with van der Waals surface area (Å²) in [5.74, 6) is 0.256. The van der Waals surface area contributed by atoms with Crippen LogP contribution in [0.3, 0.4) is 0 Å². The van der Waals surface area contributed by atoms with Gasteiger partial charge in [0.25, 0.3) is 0 Å². The van der Waals surface area contributed by atoms with Gasteiger partial charge in [-0.15, -0.1) is 11.8 Å². The van der Waals surface area contributed by atoms with E-state index in [0.29, 0.717) is 16.7 Å². The third kappa shape index (κ3) is 3.51. The molecule has 0 atom stereocenters. The number of carbonyl (C=O) groups is 1. The molecule has 2 aromatic rings. The summed E-state index contributed by atoms with van der Waals surface area (Å²) in [6.45, 7) is 0. The van der Waals surface area contributed by atoms with Gasteiger partial charge in [-0.05, 0) is 24.3 Å². The molecule has 2 rings (SSSR count). The van der Waals surface area contributed by atoms with E-state index >= 15 is 0 Å². The molecular weight excluding hydrogens is 274 g/mol. The highest BCUT2D eigenvalue weighted by molar-refractivity contribution is 7.99. The molecule has 0 aliphatic carbocycles. The summed E-state index contributed by atoms with van der Waals surface area (Å²) in [4.78, 5) is 14.7. The second-order valence-corrected chi connectivity index (χ2v) is 4.96. The summed E-state index contributed by atoms with van der Waals surface area (Å²) in [5, 5.41) is 9.18. The fourth-order valence-electron chi connectivity index (χ4n) is 1.34. The van der Waals surface area contributed by atoms with Crippen LogP contribution in [0.1, 0.15) is 5.69 Å². The number of hydrogen-bond acceptors (Lipinski definition) is 4. The average Bonchev–Trinajstić information content (AvgIpc) is 2.78. The zero-order chi connectivity index (χ0) is 13.0. The van der Waals surface area contributed by atoms with Gasteiger partial charge in [-0.1, -0.05) is 11.6 Å². The summed E-state index contributed by atoms with van der Waals surface area (Å²) >= 11 is 7.07. The van der Waals surface area contributed by atoms with Crippen LogP contribution >= 0.6 is 23.4 Å². The van der Waals surface area contributed by atoms with Gasteiger partial charge in [0.2, 0.25) is 5.89 Å². The van der Waals surface area contributed by atoms with Gasteiger partial charge in [-0.25, -0.2) is 4.98 Å². The van der Waals surface area contributed by atoms with Gasteiger partial charge in [-0.3, -0.25) is 4.79 Å². The van der Waals surface area contributed by atoms with E-state index in [0.717, 1.165) is 11.3 Å². The number of rotatable bonds is 5. The standard InChI is InChI=1S/C12H10ClNO3S/c13-9-3-1-8(2-4-9)12-14-10(5-17-12)6-18-7-11(15)16/h1-5H,6-7H2,(H,15,16). The van der Waals surface area contributed by atoms with Gasteiger partial charge >= 0.3 is 5.97 Å². The van der Waals surface area contributed by atoms with Gasteiger partial charge < -0.3 is 9.52 Å². The smallest absolute Gasteiger partial charge is 0.313 e. The summed E-state index contributed by atoms with van der Waals surface area (Å²) in [5.41, 5.74) is 1.57. The van der Waals surface area contributed by atoms with Crippen LogP contribution < -0.4 is 0 Å². The van der Waals surface area contributed by atoms with Crippen molar-refractivity contribution in [2.75, 3.05) is 5.75 Å². The van der Waals surface area contributed by atoms with E-state index in [9.17, 15) is 4.79 Å². The molecule has 94 valence electrons. The molecule has 0 aliphatic heterocycles. The van der Waals surface area contributed by atoms with Crippen LogP contribution in [-0.4, -0.2) is 21.8 Å². The normalized spacial score (nSPS) is 10.5. The topological polar surface area (TPSA) is 63.3 Å². The van der Waals surface area contributed by atoms with E-state index < -0.39 is 5.97 Å². The van der Waals surface area contributed by atoms with Crippen molar-refractivity contribution in [1.29, 1.82) is 0 Å². The molecule has 1 N–H and O–H groups in total. The summed E-state index contributed by atoms with van der Waals surface area (Å²) in [6.07, 6.45) is 1.54. The van der Waals surface area contributed by atoms with Crippen molar-refractivity contribution in [1.82, 2.24) is 4.98 Å². The van der Waals surface area contributed by atoms with Gasteiger partial charge in [0.1, 0.15) is 6.26 Å². The molecule has 0 saturated carbocycles. The number of hydrogen-bond donors (Lipinski definition) is 1. The first-order valence-electron chi connectivity index (χ1n) is 5.15. The maximum Gasteiger partial charge on any atom is 0.313 e. The Balaban J connectivity index is 2.01. The molecule has 0 fully saturated rings. The minimum atomic E-state index is -0.832. The predicted octanol–water partition coefficient (Wildman–Crippen LogP) is 3.31. The first-order chi connectivity index (χ1) is 8.65. The maximum absolute atomic E-state index is 10.4. The van der Waals surface area contributed by atoms with Crippen LogP contribution in [0.2, 0.25) is 5.02 Å². The Labute approximate surface area is 113 Å². The van der Waals surface area contributed by atoms with E-state index in [-0.39, 0.29) is 5.75 Å². The van der Waals surface area contributed by atoms with Gasteiger partial charge in [-0.2, -0.15) is 0 Å². The quantitative estimate of drug-likeness (QED) is 0.912. The Morgan fingerprint density at radius 1 is 1.39 bits per heavy atom. The van der Waals surface area contributed by atoms with Crippen molar-refractivity contribution >= 4 is 29.3 Å². The fourth-order valence-corrected chi connectivity index (χ4v) is 2.09. The lowest BCUT2D eigenvalue weighted by atomic mass is 10.2. The van der Waals surface area contributed by atoms with Crippen LogP contribution in [0.4, 0.5) is 0 Å². The van der Waals surface area contributed by atoms with E-state index in [2.05, 4.69) is 4.98 Å². The minimum Gasteiger partial charge on any atom is -0.481 e. The van der Waals surface area contributed by atoms with Crippen LogP contribution in [0, 0.1) is 0 Å². The second-order valence-electron chi connectivity index (χ2n) is 3.54. The molecule has 0 aliphatic rings. The number of carboxylic acid groups (broad SMARTS) is 1. The third-order valence-corrected chi connectivity index (χ3v) is 3.32. The molecule has 0 spiro atoms. The number of benzene rings is 1. The zero-order valence-corrected chi connectivity index (χ0v) is 10.9. The number of thioether (sulfide) groups is 1. The molecule has 0 bridgehead atoms. The van der Waals surface area contributed by atoms with E-state index in [1.165, 1.54) is 11.8 Å². The molecule has 1 heterocycles. The molecule has 0 unspecified atom stereocenters. The molecule has 6 heteroatoms. The van der Waals surface area contributed by atoms with E-state index in [1.54, 1.807) is 18.4 Å². The maximum atomic E-state index is 10.4. The highest BCUT2D eigenvalue weighted by atomic mass is 35.5. The van der Waals surface area contributed by atoms with Crippen LogP contribution in [0.15, 0.2) is 34.9 Å². The second kappa shape index (κ2) is 5.93. The van der Waals surface area contributed by atoms with E-state index in [1.807, 2.05) is 12.1 Å². The number of carboxylic acids is 1.